The molecule has 5 nitrogen and oxygen atoms in total. The van der Waals surface area contributed by atoms with Gasteiger partial charge in [-0.05, 0) is 91.1 Å². The van der Waals surface area contributed by atoms with Crippen LogP contribution < -0.4 is 9.47 Å². The van der Waals surface area contributed by atoms with Gasteiger partial charge in [0.1, 0.15) is 11.5 Å². The molecule has 0 radical (unpaired) electrons. The molecular weight excluding hydrogens is 424 g/mol. The fourth-order valence-corrected chi connectivity index (χ4v) is 6.06. The molecule has 2 fully saturated rings. The molecule has 2 aromatic rings. The largest absolute Gasteiger partial charge is 0.497 e. The summed E-state index contributed by atoms with van der Waals surface area (Å²) in [7, 11) is 3.41. The van der Waals surface area contributed by atoms with E-state index in [0.717, 1.165) is 55.2 Å². The van der Waals surface area contributed by atoms with E-state index >= 15 is 0 Å². The summed E-state index contributed by atoms with van der Waals surface area (Å²) in [6.45, 7) is 5.14. The molecule has 0 N–H and O–H groups in total. The quantitative estimate of drug-likeness (QED) is 0.498. The van der Waals surface area contributed by atoms with Crippen LogP contribution in [0.5, 0.6) is 11.5 Å². The molecule has 5 rings (SSSR count). The van der Waals surface area contributed by atoms with E-state index in [-0.39, 0.29) is 5.41 Å². The SMILES string of the molecule is CC[C@]12CCN(CC3CC3)[C@H](Cc3ccc(OC)cc31)/C2=C/N(C=O)Cc1ccc(OC)cc1. The summed E-state index contributed by atoms with van der Waals surface area (Å²) in [5.41, 5.74) is 5.24. The zero-order chi connectivity index (χ0) is 23.7. The Kier molecular flexibility index (Phi) is 6.39. The van der Waals surface area contributed by atoms with Crippen LogP contribution in [0.1, 0.15) is 49.3 Å². The van der Waals surface area contributed by atoms with Crippen LogP contribution in [0, 0.1) is 5.92 Å². The van der Waals surface area contributed by atoms with E-state index in [9.17, 15) is 4.79 Å². The van der Waals surface area contributed by atoms with Crippen LogP contribution in [0.2, 0.25) is 0 Å². The Labute approximate surface area is 203 Å². The Balaban J connectivity index is 1.54. The van der Waals surface area contributed by atoms with E-state index in [1.807, 2.05) is 29.2 Å². The minimum atomic E-state index is -0.0615. The molecule has 1 amide bonds. The van der Waals surface area contributed by atoms with Crippen molar-refractivity contribution in [1.29, 1.82) is 0 Å². The number of nitrogens with zero attached hydrogens (tertiary/aromatic N) is 2. The minimum Gasteiger partial charge on any atom is -0.497 e. The monoisotopic (exact) mass is 460 g/mol. The number of benzene rings is 2. The summed E-state index contributed by atoms with van der Waals surface area (Å²) in [6, 6.07) is 14.9. The highest BCUT2D eigenvalue weighted by Crippen LogP contribution is 2.52. The predicted octanol–water partition coefficient (Wildman–Crippen LogP) is 4.93. The first-order valence-corrected chi connectivity index (χ1v) is 12.6. The van der Waals surface area contributed by atoms with Gasteiger partial charge in [0.25, 0.3) is 0 Å². The molecule has 2 atom stereocenters. The number of piperidine rings is 1. The smallest absolute Gasteiger partial charge is 0.213 e. The van der Waals surface area contributed by atoms with Gasteiger partial charge in [0, 0.05) is 30.7 Å². The van der Waals surface area contributed by atoms with Crippen molar-refractivity contribution in [2.24, 2.45) is 5.92 Å². The van der Waals surface area contributed by atoms with Gasteiger partial charge in [-0.2, -0.15) is 0 Å². The van der Waals surface area contributed by atoms with Crippen LogP contribution in [-0.4, -0.2) is 49.6 Å². The summed E-state index contributed by atoms with van der Waals surface area (Å²) in [6.07, 6.45) is 8.94. The van der Waals surface area contributed by atoms with Gasteiger partial charge in [-0.3, -0.25) is 9.69 Å². The number of carbonyl (C=O) groups excluding carboxylic acids is 1. The van der Waals surface area contributed by atoms with Gasteiger partial charge in [0.2, 0.25) is 6.41 Å². The topological polar surface area (TPSA) is 42.0 Å². The van der Waals surface area contributed by atoms with Gasteiger partial charge in [0.05, 0.1) is 14.2 Å². The molecular formula is C29H36N2O3. The standard InChI is InChI=1S/C29H36N2O3/c1-4-29-13-14-31(18-22-5-6-22)28(15-23-9-12-25(34-3)16-26(23)29)27(29)19-30(20-32)17-21-7-10-24(33-2)11-8-21/h7-12,16,19-20,22,28H,4-6,13-15,17-18H2,1-3H3/b27-19-/t28-,29+/m1/s1. The van der Waals surface area contributed by atoms with Crippen LogP contribution in [0.3, 0.4) is 0 Å². The van der Waals surface area contributed by atoms with Gasteiger partial charge >= 0.3 is 0 Å². The van der Waals surface area contributed by atoms with E-state index in [1.54, 1.807) is 14.2 Å². The molecule has 1 aliphatic heterocycles. The second-order valence-corrected chi connectivity index (χ2v) is 10.1. The average Bonchev–Trinajstić information content (AvgIpc) is 3.70. The number of ether oxygens (including phenoxy) is 2. The maximum Gasteiger partial charge on any atom is 0.213 e. The minimum absolute atomic E-state index is 0.0615. The van der Waals surface area contributed by atoms with Gasteiger partial charge in [-0.15, -0.1) is 0 Å². The third kappa shape index (κ3) is 4.22. The van der Waals surface area contributed by atoms with Crippen LogP contribution in [0.15, 0.2) is 54.2 Å². The first-order chi connectivity index (χ1) is 16.6. The summed E-state index contributed by atoms with van der Waals surface area (Å²) < 4.78 is 10.9. The second-order valence-electron chi connectivity index (χ2n) is 10.1. The molecule has 180 valence electrons. The highest BCUT2D eigenvalue weighted by atomic mass is 16.5. The predicted molar refractivity (Wildman–Crippen MR) is 134 cm³/mol. The van der Waals surface area contributed by atoms with E-state index in [0.29, 0.717) is 12.6 Å². The zero-order valence-corrected chi connectivity index (χ0v) is 20.6. The Hall–Kier alpha value is -2.79. The summed E-state index contributed by atoms with van der Waals surface area (Å²) >= 11 is 0. The lowest BCUT2D eigenvalue weighted by Gasteiger charge is -2.53. The van der Waals surface area contributed by atoms with E-state index in [1.165, 1.54) is 36.1 Å². The molecule has 1 saturated heterocycles. The Morgan fingerprint density at radius 3 is 2.47 bits per heavy atom. The second kappa shape index (κ2) is 9.46. The Morgan fingerprint density at radius 1 is 1.09 bits per heavy atom. The molecule has 2 aromatic carbocycles. The van der Waals surface area contributed by atoms with Crippen molar-refractivity contribution in [3.05, 3.63) is 70.9 Å². The number of likely N-dealkylation sites (tertiary alicyclic amines) is 1. The number of hydrogen-bond acceptors (Lipinski definition) is 4. The average molecular weight is 461 g/mol. The third-order valence-corrected chi connectivity index (χ3v) is 8.18. The lowest BCUT2D eigenvalue weighted by atomic mass is 9.59. The van der Waals surface area contributed by atoms with Gasteiger partial charge in [0.15, 0.2) is 0 Å². The van der Waals surface area contributed by atoms with Crippen LogP contribution in [-0.2, 0) is 23.2 Å². The summed E-state index contributed by atoms with van der Waals surface area (Å²) in [5.74, 6) is 2.58. The number of rotatable bonds is 9. The van der Waals surface area contributed by atoms with E-state index < -0.39 is 0 Å². The molecule has 3 aliphatic rings. The van der Waals surface area contributed by atoms with Crippen molar-refractivity contribution < 1.29 is 14.3 Å². The number of hydrogen-bond donors (Lipinski definition) is 0. The molecule has 1 heterocycles. The fourth-order valence-electron chi connectivity index (χ4n) is 6.06. The summed E-state index contributed by atoms with van der Waals surface area (Å²) in [4.78, 5) is 16.8. The van der Waals surface area contributed by atoms with Gasteiger partial charge in [-0.1, -0.05) is 25.1 Å². The zero-order valence-electron chi connectivity index (χ0n) is 20.6. The van der Waals surface area contributed by atoms with Gasteiger partial charge < -0.3 is 14.4 Å². The molecule has 0 spiro atoms. The number of carbonyl (C=O) groups is 1. The van der Waals surface area contributed by atoms with Gasteiger partial charge in [-0.25, -0.2) is 0 Å². The number of methoxy groups -OCH3 is 2. The number of fused-ring (bicyclic) bond motifs is 4. The Bertz CT molecular complexity index is 1060. The van der Waals surface area contributed by atoms with Crippen molar-refractivity contribution in [2.45, 2.75) is 57.0 Å². The third-order valence-electron chi connectivity index (χ3n) is 8.18. The molecule has 2 bridgehead atoms. The maximum absolute atomic E-state index is 12.3. The van der Waals surface area contributed by atoms with Crippen molar-refractivity contribution in [2.75, 3.05) is 27.3 Å². The molecule has 0 aromatic heterocycles. The lowest BCUT2D eigenvalue weighted by Crippen LogP contribution is -2.55. The lowest BCUT2D eigenvalue weighted by molar-refractivity contribution is -0.116. The van der Waals surface area contributed by atoms with E-state index in [2.05, 4.69) is 36.2 Å². The van der Waals surface area contributed by atoms with Crippen LogP contribution >= 0.6 is 0 Å². The highest BCUT2D eigenvalue weighted by Gasteiger charge is 2.49. The van der Waals surface area contributed by atoms with E-state index in [4.69, 9.17) is 9.47 Å². The molecule has 5 heteroatoms. The molecule has 34 heavy (non-hydrogen) atoms. The van der Waals surface area contributed by atoms with Crippen molar-refractivity contribution in [3.63, 3.8) is 0 Å². The molecule has 0 unspecified atom stereocenters. The van der Waals surface area contributed by atoms with Crippen LogP contribution in [0.25, 0.3) is 0 Å². The van der Waals surface area contributed by atoms with Crippen molar-refractivity contribution >= 4 is 6.41 Å². The maximum atomic E-state index is 12.3. The fraction of sp³-hybridized carbons (Fsp3) is 0.483. The molecule has 1 saturated carbocycles. The summed E-state index contributed by atoms with van der Waals surface area (Å²) in [5, 5.41) is 0. The molecule has 2 aliphatic carbocycles. The van der Waals surface area contributed by atoms with Crippen molar-refractivity contribution in [1.82, 2.24) is 9.80 Å². The van der Waals surface area contributed by atoms with Crippen LogP contribution in [0.4, 0.5) is 0 Å². The first-order valence-electron chi connectivity index (χ1n) is 12.6. The Morgan fingerprint density at radius 2 is 1.82 bits per heavy atom. The number of amides is 1. The van der Waals surface area contributed by atoms with Crippen molar-refractivity contribution in [3.8, 4) is 11.5 Å². The first kappa shape index (κ1) is 23.0. The normalized spacial score (nSPS) is 25.0. The highest BCUT2D eigenvalue weighted by molar-refractivity contribution is 5.55.